The van der Waals surface area contributed by atoms with Crippen LogP contribution in [0.5, 0.6) is 0 Å². The molecule has 2 fully saturated rings. The Labute approximate surface area is 87.3 Å². The Hall–Kier alpha value is -0.0800. The van der Waals surface area contributed by atoms with Gasteiger partial charge in [-0.15, -0.1) is 0 Å². The maximum Gasteiger partial charge on any atom is 0.0564 e. The van der Waals surface area contributed by atoms with Crippen molar-refractivity contribution in [3.05, 3.63) is 0 Å². The SMILES string of the molecule is CC(C)[C@H]1C[C@@H](N2CCC(O)CC2)C1. The van der Waals surface area contributed by atoms with E-state index in [0.29, 0.717) is 0 Å². The molecular formula is C12H23NO. The van der Waals surface area contributed by atoms with E-state index in [9.17, 15) is 5.11 Å². The van der Waals surface area contributed by atoms with Gasteiger partial charge in [0.2, 0.25) is 0 Å². The van der Waals surface area contributed by atoms with Crippen molar-refractivity contribution in [3.63, 3.8) is 0 Å². The van der Waals surface area contributed by atoms with Gasteiger partial charge in [0.1, 0.15) is 0 Å². The van der Waals surface area contributed by atoms with E-state index in [2.05, 4.69) is 18.7 Å². The van der Waals surface area contributed by atoms with Crippen LogP contribution in [0.3, 0.4) is 0 Å². The number of hydrogen-bond donors (Lipinski definition) is 1. The van der Waals surface area contributed by atoms with Crippen molar-refractivity contribution in [2.75, 3.05) is 13.1 Å². The minimum Gasteiger partial charge on any atom is -0.393 e. The van der Waals surface area contributed by atoms with Crippen LogP contribution in [0.4, 0.5) is 0 Å². The fourth-order valence-corrected chi connectivity index (χ4v) is 2.72. The summed E-state index contributed by atoms with van der Waals surface area (Å²) in [6.07, 6.45) is 4.75. The molecule has 2 nitrogen and oxygen atoms in total. The van der Waals surface area contributed by atoms with E-state index in [1.54, 1.807) is 0 Å². The molecule has 2 heteroatoms. The molecule has 2 rings (SSSR count). The van der Waals surface area contributed by atoms with Gasteiger partial charge in [-0.2, -0.15) is 0 Å². The molecule has 1 saturated heterocycles. The number of nitrogens with zero attached hydrogens (tertiary/aromatic N) is 1. The standard InChI is InChI=1S/C12H23NO/c1-9(2)10-7-11(8-10)13-5-3-12(14)4-6-13/h9-12,14H,3-8H2,1-2H3/t10-,11+. The highest BCUT2D eigenvalue weighted by Gasteiger charge is 2.36. The van der Waals surface area contributed by atoms with Crippen molar-refractivity contribution in [2.45, 2.75) is 51.7 Å². The monoisotopic (exact) mass is 197 g/mol. The summed E-state index contributed by atoms with van der Waals surface area (Å²) in [6, 6.07) is 0.842. The van der Waals surface area contributed by atoms with Crippen LogP contribution in [0.2, 0.25) is 0 Å². The van der Waals surface area contributed by atoms with E-state index in [-0.39, 0.29) is 6.10 Å². The second kappa shape index (κ2) is 4.19. The first-order valence-electron chi connectivity index (χ1n) is 6.09. The van der Waals surface area contributed by atoms with E-state index < -0.39 is 0 Å². The second-order valence-corrected chi connectivity index (χ2v) is 5.40. The van der Waals surface area contributed by atoms with Crippen LogP contribution in [0, 0.1) is 11.8 Å². The zero-order valence-electron chi connectivity index (χ0n) is 9.45. The first-order chi connectivity index (χ1) is 6.66. The van der Waals surface area contributed by atoms with Crippen LogP contribution < -0.4 is 0 Å². The fraction of sp³-hybridized carbons (Fsp3) is 1.00. The maximum absolute atomic E-state index is 9.41. The van der Waals surface area contributed by atoms with Gasteiger partial charge in [-0.05, 0) is 37.5 Å². The zero-order chi connectivity index (χ0) is 10.1. The van der Waals surface area contributed by atoms with Gasteiger partial charge in [-0.1, -0.05) is 13.8 Å². The van der Waals surface area contributed by atoms with Crippen LogP contribution in [0.25, 0.3) is 0 Å². The Morgan fingerprint density at radius 3 is 2.21 bits per heavy atom. The molecule has 0 radical (unpaired) electrons. The van der Waals surface area contributed by atoms with Crippen molar-refractivity contribution < 1.29 is 5.11 Å². The van der Waals surface area contributed by atoms with E-state index in [4.69, 9.17) is 0 Å². The average molecular weight is 197 g/mol. The van der Waals surface area contributed by atoms with Crippen molar-refractivity contribution in [1.82, 2.24) is 4.90 Å². The highest BCUT2D eigenvalue weighted by atomic mass is 16.3. The smallest absolute Gasteiger partial charge is 0.0564 e. The van der Waals surface area contributed by atoms with Crippen molar-refractivity contribution in [2.24, 2.45) is 11.8 Å². The molecule has 0 atom stereocenters. The minimum absolute atomic E-state index is 0.0211. The molecular weight excluding hydrogens is 174 g/mol. The van der Waals surface area contributed by atoms with Gasteiger partial charge < -0.3 is 10.0 Å². The highest BCUT2D eigenvalue weighted by molar-refractivity contribution is 4.90. The fourth-order valence-electron chi connectivity index (χ4n) is 2.72. The van der Waals surface area contributed by atoms with Crippen LogP contribution in [0.15, 0.2) is 0 Å². The Balaban J connectivity index is 1.72. The number of aliphatic hydroxyl groups is 1. The molecule has 2 aliphatic rings. The van der Waals surface area contributed by atoms with Gasteiger partial charge in [0.15, 0.2) is 0 Å². The van der Waals surface area contributed by atoms with Crippen LogP contribution >= 0.6 is 0 Å². The summed E-state index contributed by atoms with van der Waals surface area (Å²) in [5.74, 6) is 1.83. The lowest BCUT2D eigenvalue weighted by Crippen LogP contribution is -2.49. The summed E-state index contributed by atoms with van der Waals surface area (Å²) in [4.78, 5) is 2.59. The maximum atomic E-state index is 9.41. The van der Waals surface area contributed by atoms with E-state index in [0.717, 1.165) is 43.8 Å². The molecule has 1 saturated carbocycles. The third kappa shape index (κ3) is 2.12. The predicted octanol–water partition coefficient (Wildman–Crippen LogP) is 1.88. The molecule has 82 valence electrons. The predicted molar refractivity (Wildman–Crippen MR) is 58.2 cm³/mol. The molecule has 1 aliphatic carbocycles. The van der Waals surface area contributed by atoms with Crippen molar-refractivity contribution in [1.29, 1.82) is 0 Å². The van der Waals surface area contributed by atoms with E-state index in [1.807, 2.05) is 0 Å². The third-order valence-electron chi connectivity index (χ3n) is 4.11. The van der Waals surface area contributed by atoms with Gasteiger partial charge >= 0.3 is 0 Å². The average Bonchev–Trinajstić information content (AvgIpc) is 2.05. The molecule has 0 aromatic heterocycles. The van der Waals surface area contributed by atoms with Crippen molar-refractivity contribution >= 4 is 0 Å². The zero-order valence-corrected chi connectivity index (χ0v) is 9.45. The van der Waals surface area contributed by atoms with Gasteiger partial charge in [0.05, 0.1) is 6.10 Å². The largest absolute Gasteiger partial charge is 0.393 e. The minimum atomic E-state index is -0.0211. The summed E-state index contributed by atoms with van der Waals surface area (Å²) in [6.45, 7) is 6.91. The molecule has 0 unspecified atom stereocenters. The highest BCUT2D eigenvalue weighted by Crippen LogP contribution is 2.37. The molecule has 1 N–H and O–H groups in total. The van der Waals surface area contributed by atoms with Gasteiger partial charge in [0.25, 0.3) is 0 Å². The Morgan fingerprint density at radius 1 is 1.14 bits per heavy atom. The van der Waals surface area contributed by atoms with E-state index >= 15 is 0 Å². The first kappa shape index (κ1) is 10.4. The van der Waals surface area contributed by atoms with Crippen LogP contribution in [0.1, 0.15) is 39.5 Å². The molecule has 1 heterocycles. The van der Waals surface area contributed by atoms with Gasteiger partial charge in [-0.3, -0.25) is 0 Å². The van der Waals surface area contributed by atoms with Gasteiger partial charge in [0, 0.05) is 19.1 Å². The summed E-state index contributed by atoms with van der Waals surface area (Å²) in [5, 5.41) is 9.41. The van der Waals surface area contributed by atoms with Gasteiger partial charge in [-0.25, -0.2) is 0 Å². The van der Waals surface area contributed by atoms with Crippen molar-refractivity contribution in [3.8, 4) is 0 Å². The lowest BCUT2D eigenvalue weighted by atomic mass is 9.72. The summed E-state index contributed by atoms with van der Waals surface area (Å²) >= 11 is 0. The Morgan fingerprint density at radius 2 is 1.71 bits per heavy atom. The summed E-state index contributed by atoms with van der Waals surface area (Å²) in [5.41, 5.74) is 0. The Kier molecular flexibility index (Phi) is 3.13. The second-order valence-electron chi connectivity index (χ2n) is 5.40. The molecule has 14 heavy (non-hydrogen) atoms. The summed E-state index contributed by atoms with van der Waals surface area (Å²) in [7, 11) is 0. The normalized spacial score (nSPS) is 36.0. The quantitative estimate of drug-likeness (QED) is 0.730. The topological polar surface area (TPSA) is 23.5 Å². The number of aliphatic hydroxyl groups excluding tert-OH is 1. The molecule has 0 amide bonds. The third-order valence-corrected chi connectivity index (χ3v) is 4.11. The molecule has 1 aliphatic heterocycles. The summed E-state index contributed by atoms with van der Waals surface area (Å²) < 4.78 is 0. The lowest BCUT2D eigenvalue weighted by Gasteiger charge is -2.46. The molecule has 0 spiro atoms. The number of likely N-dealkylation sites (tertiary alicyclic amines) is 1. The number of piperidine rings is 1. The molecule has 0 bridgehead atoms. The molecule has 0 aromatic rings. The number of rotatable bonds is 2. The first-order valence-corrected chi connectivity index (χ1v) is 6.09. The Bertz CT molecular complexity index is 179. The van der Waals surface area contributed by atoms with E-state index in [1.165, 1.54) is 12.8 Å². The lowest BCUT2D eigenvalue weighted by molar-refractivity contribution is 0.00710. The number of hydrogen-bond acceptors (Lipinski definition) is 2. The van der Waals surface area contributed by atoms with Crippen LogP contribution in [-0.2, 0) is 0 Å². The molecule has 0 aromatic carbocycles. The van der Waals surface area contributed by atoms with Crippen LogP contribution in [-0.4, -0.2) is 35.2 Å².